The molecule has 134 valence electrons. The third kappa shape index (κ3) is 4.29. The average Bonchev–Trinajstić information content (AvgIpc) is 2.44. The van der Waals surface area contributed by atoms with Crippen molar-refractivity contribution in [2.75, 3.05) is 23.7 Å². The minimum atomic E-state index is -3.56. The van der Waals surface area contributed by atoms with Crippen LogP contribution in [0.4, 0.5) is 5.69 Å². The molecule has 0 aromatic heterocycles. The molecule has 0 radical (unpaired) electrons. The van der Waals surface area contributed by atoms with Gasteiger partial charge in [0.05, 0.1) is 11.9 Å². The summed E-state index contributed by atoms with van der Waals surface area (Å²) in [7, 11) is -3.56. The van der Waals surface area contributed by atoms with Crippen LogP contribution in [0.2, 0.25) is 0 Å². The lowest BCUT2D eigenvalue weighted by Crippen LogP contribution is -2.51. The van der Waals surface area contributed by atoms with Crippen molar-refractivity contribution in [1.82, 2.24) is 4.90 Å². The Bertz CT molecular complexity index is 695. The minimum Gasteiger partial charge on any atom is -0.341 e. The van der Waals surface area contributed by atoms with E-state index in [1.807, 2.05) is 32.0 Å². The van der Waals surface area contributed by atoms with Crippen LogP contribution >= 0.6 is 0 Å². The van der Waals surface area contributed by atoms with Crippen molar-refractivity contribution in [2.24, 2.45) is 5.92 Å². The lowest BCUT2D eigenvalue weighted by molar-refractivity contribution is -0.133. The number of hydrogen-bond acceptors (Lipinski definition) is 3. The van der Waals surface area contributed by atoms with Crippen LogP contribution in [0.25, 0.3) is 0 Å². The predicted octanol–water partition coefficient (Wildman–Crippen LogP) is 2.72. The number of aryl methyl sites for hydroxylation is 2. The highest BCUT2D eigenvalue weighted by atomic mass is 32.2. The molecule has 0 saturated carbocycles. The number of carbonyl (C=O) groups is 1. The van der Waals surface area contributed by atoms with Crippen molar-refractivity contribution in [3.63, 3.8) is 0 Å². The van der Waals surface area contributed by atoms with Gasteiger partial charge in [-0.1, -0.05) is 13.0 Å². The number of sulfonamides is 1. The lowest BCUT2D eigenvalue weighted by Gasteiger charge is -2.36. The highest BCUT2D eigenvalue weighted by Crippen LogP contribution is 2.25. The first-order valence-electron chi connectivity index (χ1n) is 8.46. The Labute approximate surface area is 145 Å². The first-order valence-corrected chi connectivity index (χ1v) is 10.3. The SMILES string of the molecule is Cc1cc(C)cc(N([C@H](C)C(=O)N2CCC[C@H](C)C2)S(C)(=O)=O)c1. The van der Waals surface area contributed by atoms with Gasteiger partial charge in [-0.05, 0) is 62.8 Å². The molecule has 1 fully saturated rings. The van der Waals surface area contributed by atoms with E-state index in [4.69, 9.17) is 0 Å². The van der Waals surface area contributed by atoms with Gasteiger partial charge in [0.15, 0.2) is 0 Å². The molecule has 1 aliphatic rings. The molecule has 0 spiro atoms. The summed E-state index contributed by atoms with van der Waals surface area (Å²) < 4.78 is 26.1. The van der Waals surface area contributed by atoms with Crippen molar-refractivity contribution in [3.8, 4) is 0 Å². The zero-order chi connectivity index (χ0) is 18.1. The molecule has 2 atom stereocenters. The van der Waals surface area contributed by atoms with E-state index in [9.17, 15) is 13.2 Å². The summed E-state index contributed by atoms with van der Waals surface area (Å²) in [5, 5.41) is 0. The Morgan fingerprint density at radius 1 is 1.25 bits per heavy atom. The van der Waals surface area contributed by atoms with E-state index in [2.05, 4.69) is 6.92 Å². The van der Waals surface area contributed by atoms with Crippen molar-refractivity contribution in [3.05, 3.63) is 29.3 Å². The maximum atomic E-state index is 12.9. The van der Waals surface area contributed by atoms with Crippen LogP contribution in [0.3, 0.4) is 0 Å². The number of benzene rings is 1. The smallest absolute Gasteiger partial charge is 0.246 e. The van der Waals surface area contributed by atoms with Crippen molar-refractivity contribution in [1.29, 1.82) is 0 Å². The fourth-order valence-corrected chi connectivity index (χ4v) is 4.69. The first-order chi connectivity index (χ1) is 11.1. The molecule has 0 N–H and O–H groups in total. The van der Waals surface area contributed by atoms with Gasteiger partial charge in [-0.2, -0.15) is 0 Å². The average molecular weight is 353 g/mol. The Morgan fingerprint density at radius 2 is 1.83 bits per heavy atom. The molecule has 24 heavy (non-hydrogen) atoms. The molecule has 2 rings (SSSR count). The number of rotatable bonds is 4. The van der Waals surface area contributed by atoms with E-state index in [0.717, 1.165) is 30.2 Å². The van der Waals surface area contributed by atoms with Crippen molar-refractivity contribution >= 4 is 21.6 Å². The van der Waals surface area contributed by atoms with Gasteiger partial charge in [0.1, 0.15) is 6.04 Å². The maximum absolute atomic E-state index is 12.9. The molecule has 1 aromatic rings. The van der Waals surface area contributed by atoms with Gasteiger partial charge in [-0.3, -0.25) is 9.10 Å². The molecule has 5 nitrogen and oxygen atoms in total. The van der Waals surface area contributed by atoms with Crippen LogP contribution in [0.1, 0.15) is 37.8 Å². The number of amides is 1. The molecule has 1 aliphatic heterocycles. The summed E-state index contributed by atoms with van der Waals surface area (Å²) in [6.45, 7) is 9.07. The molecule has 0 bridgehead atoms. The van der Waals surface area contributed by atoms with Gasteiger partial charge < -0.3 is 4.90 Å². The number of piperidine rings is 1. The van der Waals surface area contributed by atoms with Gasteiger partial charge in [0.25, 0.3) is 0 Å². The standard InChI is InChI=1S/C18H28N2O3S/c1-13-7-6-8-19(12-13)18(21)16(4)20(24(5,22)23)17-10-14(2)9-15(3)11-17/h9-11,13,16H,6-8,12H2,1-5H3/t13-,16+/m0/s1. The fourth-order valence-electron chi connectivity index (χ4n) is 3.53. The highest BCUT2D eigenvalue weighted by molar-refractivity contribution is 7.92. The van der Waals surface area contributed by atoms with E-state index in [1.165, 1.54) is 4.31 Å². The van der Waals surface area contributed by atoms with Gasteiger partial charge in [0.2, 0.25) is 15.9 Å². The molecular weight excluding hydrogens is 324 g/mol. The quantitative estimate of drug-likeness (QED) is 0.837. The van der Waals surface area contributed by atoms with Gasteiger partial charge >= 0.3 is 0 Å². The second-order valence-corrected chi connectivity index (χ2v) is 8.97. The third-order valence-electron chi connectivity index (χ3n) is 4.50. The number of likely N-dealkylation sites (tertiary alicyclic amines) is 1. The molecule has 1 heterocycles. The van der Waals surface area contributed by atoms with E-state index in [0.29, 0.717) is 24.7 Å². The molecule has 0 aliphatic carbocycles. The number of carbonyl (C=O) groups excluding carboxylic acids is 1. The zero-order valence-electron chi connectivity index (χ0n) is 15.2. The summed E-state index contributed by atoms with van der Waals surface area (Å²) >= 11 is 0. The fraction of sp³-hybridized carbons (Fsp3) is 0.611. The zero-order valence-corrected chi connectivity index (χ0v) is 16.1. The number of hydrogen-bond donors (Lipinski definition) is 0. The van der Waals surface area contributed by atoms with E-state index in [-0.39, 0.29) is 5.91 Å². The second kappa shape index (κ2) is 7.13. The summed E-state index contributed by atoms with van der Waals surface area (Å²) in [6, 6.07) is 4.88. The summed E-state index contributed by atoms with van der Waals surface area (Å²) in [4.78, 5) is 14.7. The molecule has 1 saturated heterocycles. The Kier molecular flexibility index (Phi) is 5.58. The Balaban J connectivity index is 2.35. The maximum Gasteiger partial charge on any atom is 0.246 e. The van der Waals surface area contributed by atoms with E-state index in [1.54, 1.807) is 11.8 Å². The minimum absolute atomic E-state index is 0.119. The molecule has 6 heteroatoms. The van der Waals surface area contributed by atoms with Crippen LogP contribution in [0.15, 0.2) is 18.2 Å². The van der Waals surface area contributed by atoms with Crippen molar-refractivity contribution in [2.45, 2.75) is 46.6 Å². The molecular formula is C18H28N2O3S. The molecule has 0 unspecified atom stereocenters. The van der Waals surface area contributed by atoms with Crippen LogP contribution < -0.4 is 4.31 Å². The van der Waals surface area contributed by atoms with Gasteiger partial charge in [0, 0.05) is 13.1 Å². The Hall–Kier alpha value is -1.56. The number of nitrogens with zero attached hydrogens (tertiary/aromatic N) is 2. The second-order valence-electron chi connectivity index (χ2n) is 7.11. The van der Waals surface area contributed by atoms with Gasteiger partial charge in [-0.25, -0.2) is 8.42 Å². The lowest BCUT2D eigenvalue weighted by atomic mass is 10.00. The van der Waals surface area contributed by atoms with Crippen LogP contribution in [-0.4, -0.2) is 44.6 Å². The number of anilines is 1. The van der Waals surface area contributed by atoms with Crippen molar-refractivity contribution < 1.29 is 13.2 Å². The Morgan fingerprint density at radius 3 is 2.33 bits per heavy atom. The highest BCUT2D eigenvalue weighted by Gasteiger charge is 2.33. The third-order valence-corrected chi connectivity index (χ3v) is 5.74. The van der Waals surface area contributed by atoms with E-state index < -0.39 is 16.1 Å². The molecule has 1 amide bonds. The normalized spacial score (nSPS) is 19.9. The van der Waals surface area contributed by atoms with Crippen LogP contribution in [-0.2, 0) is 14.8 Å². The monoisotopic (exact) mass is 352 g/mol. The summed E-state index contributed by atoms with van der Waals surface area (Å²) in [6.07, 6.45) is 3.25. The van der Waals surface area contributed by atoms with Gasteiger partial charge in [-0.15, -0.1) is 0 Å². The first kappa shape index (κ1) is 18.8. The van der Waals surface area contributed by atoms with Crippen LogP contribution in [0, 0.1) is 19.8 Å². The molecule has 1 aromatic carbocycles. The summed E-state index contributed by atoms with van der Waals surface area (Å²) in [5.74, 6) is 0.342. The topological polar surface area (TPSA) is 57.7 Å². The predicted molar refractivity (Wildman–Crippen MR) is 97.7 cm³/mol. The van der Waals surface area contributed by atoms with E-state index >= 15 is 0 Å². The van der Waals surface area contributed by atoms with Crippen LogP contribution in [0.5, 0.6) is 0 Å². The summed E-state index contributed by atoms with van der Waals surface area (Å²) in [5.41, 5.74) is 2.51. The largest absolute Gasteiger partial charge is 0.341 e.